The van der Waals surface area contributed by atoms with Crippen molar-refractivity contribution in [1.29, 1.82) is 0 Å². The Kier molecular flexibility index (Phi) is 4.73. The Morgan fingerprint density at radius 2 is 1.86 bits per heavy atom. The number of nitrogens with zero attached hydrogens (tertiary/aromatic N) is 2. The lowest BCUT2D eigenvalue weighted by atomic mass is 10.2. The molecule has 0 fully saturated rings. The lowest BCUT2D eigenvalue weighted by molar-refractivity contribution is -0.118. The molecule has 0 aliphatic heterocycles. The average Bonchev–Trinajstić information content (AvgIpc) is 2.75. The maximum atomic E-state index is 12.2. The first-order valence-electron chi connectivity index (χ1n) is 6.84. The SMILES string of the molecule is CC(=O)N/N=C\c1cc(C)n(NC(=O)c2ccccc2)c1C. The van der Waals surface area contributed by atoms with Gasteiger partial charge in [0.05, 0.1) is 6.21 Å². The third kappa shape index (κ3) is 3.60. The lowest BCUT2D eigenvalue weighted by Crippen LogP contribution is -2.24. The number of nitrogens with one attached hydrogen (secondary N) is 2. The van der Waals surface area contributed by atoms with Gasteiger partial charge in [0.25, 0.3) is 5.91 Å². The van der Waals surface area contributed by atoms with Gasteiger partial charge in [0, 0.05) is 29.4 Å². The van der Waals surface area contributed by atoms with Gasteiger partial charge in [-0.3, -0.25) is 19.7 Å². The van der Waals surface area contributed by atoms with Crippen LogP contribution in [0.4, 0.5) is 0 Å². The van der Waals surface area contributed by atoms with Gasteiger partial charge in [-0.1, -0.05) is 18.2 Å². The summed E-state index contributed by atoms with van der Waals surface area (Å²) in [5.41, 5.74) is 8.30. The van der Waals surface area contributed by atoms with Crippen LogP contribution in [0.3, 0.4) is 0 Å². The monoisotopic (exact) mass is 298 g/mol. The summed E-state index contributed by atoms with van der Waals surface area (Å²) in [5.74, 6) is -0.421. The summed E-state index contributed by atoms with van der Waals surface area (Å²) < 4.78 is 1.70. The van der Waals surface area contributed by atoms with Gasteiger partial charge in [-0.25, -0.2) is 5.43 Å². The Labute approximate surface area is 128 Å². The van der Waals surface area contributed by atoms with Crippen molar-refractivity contribution in [1.82, 2.24) is 10.1 Å². The minimum atomic E-state index is -0.234. The molecule has 2 rings (SSSR count). The fraction of sp³-hybridized carbons (Fsp3) is 0.188. The molecule has 0 saturated carbocycles. The van der Waals surface area contributed by atoms with Crippen molar-refractivity contribution < 1.29 is 9.59 Å². The third-order valence-electron chi connectivity index (χ3n) is 3.15. The zero-order valence-electron chi connectivity index (χ0n) is 12.8. The van der Waals surface area contributed by atoms with Crippen LogP contribution in [0, 0.1) is 13.8 Å². The van der Waals surface area contributed by atoms with Gasteiger partial charge in [0.2, 0.25) is 5.91 Å². The summed E-state index contributed by atoms with van der Waals surface area (Å²) in [5, 5.41) is 3.84. The summed E-state index contributed by atoms with van der Waals surface area (Å²) >= 11 is 0. The normalized spacial score (nSPS) is 10.7. The molecule has 0 aliphatic rings. The highest BCUT2D eigenvalue weighted by atomic mass is 16.2. The molecule has 0 atom stereocenters. The lowest BCUT2D eigenvalue weighted by Gasteiger charge is -2.11. The second-order valence-corrected chi connectivity index (χ2v) is 4.90. The molecule has 0 radical (unpaired) electrons. The second-order valence-electron chi connectivity index (χ2n) is 4.90. The van der Waals surface area contributed by atoms with E-state index in [1.807, 2.05) is 38.1 Å². The summed E-state index contributed by atoms with van der Waals surface area (Å²) in [4.78, 5) is 23.0. The van der Waals surface area contributed by atoms with Gasteiger partial charge in [-0.2, -0.15) is 5.10 Å². The smallest absolute Gasteiger partial charge is 0.270 e. The molecule has 0 bridgehead atoms. The van der Waals surface area contributed by atoms with Crippen LogP contribution in [0.1, 0.15) is 34.2 Å². The molecule has 114 valence electrons. The van der Waals surface area contributed by atoms with E-state index in [-0.39, 0.29) is 11.8 Å². The van der Waals surface area contributed by atoms with E-state index < -0.39 is 0 Å². The summed E-state index contributed by atoms with van der Waals surface area (Å²) in [7, 11) is 0. The number of hydrazone groups is 1. The van der Waals surface area contributed by atoms with E-state index in [4.69, 9.17) is 0 Å². The van der Waals surface area contributed by atoms with Crippen molar-refractivity contribution >= 4 is 18.0 Å². The van der Waals surface area contributed by atoms with E-state index in [1.165, 1.54) is 6.92 Å². The number of carbonyl (C=O) groups is 2. The van der Waals surface area contributed by atoms with Crippen LogP contribution in [0.2, 0.25) is 0 Å². The number of benzene rings is 1. The molecular weight excluding hydrogens is 280 g/mol. The molecule has 0 aliphatic carbocycles. The highest BCUT2D eigenvalue weighted by molar-refractivity contribution is 6.00. The van der Waals surface area contributed by atoms with Gasteiger partial charge in [0.15, 0.2) is 0 Å². The van der Waals surface area contributed by atoms with E-state index >= 15 is 0 Å². The predicted octanol–water partition coefficient (Wildman–Crippen LogP) is 1.96. The molecule has 1 aromatic heterocycles. The first-order chi connectivity index (χ1) is 10.5. The van der Waals surface area contributed by atoms with Crippen molar-refractivity contribution in [3.63, 3.8) is 0 Å². The molecule has 2 aromatic rings. The van der Waals surface area contributed by atoms with Crippen LogP contribution in [0.25, 0.3) is 0 Å². The van der Waals surface area contributed by atoms with E-state index in [0.717, 1.165) is 17.0 Å². The minimum absolute atomic E-state index is 0.187. The van der Waals surface area contributed by atoms with Crippen molar-refractivity contribution in [2.24, 2.45) is 5.10 Å². The topological polar surface area (TPSA) is 75.5 Å². The highest BCUT2D eigenvalue weighted by Crippen LogP contribution is 2.12. The van der Waals surface area contributed by atoms with Gasteiger partial charge >= 0.3 is 0 Å². The summed E-state index contributed by atoms with van der Waals surface area (Å²) in [6.07, 6.45) is 1.55. The fourth-order valence-corrected chi connectivity index (χ4v) is 2.04. The van der Waals surface area contributed by atoms with Gasteiger partial charge < -0.3 is 0 Å². The molecule has 6 heteroatoms. The standard InChI is InChI=1S/C16H18N4O2/c1-11-9-15(10-17-18-13(3)21)12(2)20(11)19-16(22)14-7-5-4-6-8-14/h4-10H,1-3H3,(H,18,21)(H,19,22)/b17-10-. The molecular formula is C16H18N4O2. The number of rotatable bonds is 4. The first kappa shape index (κ1) is 15.5. The Hall–Kier alpha value is -2.89. The number of aromatic nitrogens is 1. The molecule has 0 saturated heterocycles. The molecule has 0 spiro atoms. The van der Waals surface area contributed by atoms with Crippen LogP contribution in [0.5, 0.6) is 0 Å². The highest BCUT2D eigenvalue weighted by Gasteiger charge is 2.11. The van der Waals surface area contributed by atoms with Gasteiger partial charge in [0.1, 0.15) is 0 Å². The van der Waals surface area contributed by atoms with Crippen LogP contribution >= 0.6 is 0 Å². The Morgan fingerprint density at radius 3 is 2.50 bits per heavy atom. The molecule has 2 N–H and O–H groups in total. The molecule has 0 unspecified atom stereocenters. The first-order valence-corrected chi connectivity index (χ1v) is 6.84. The van der Waals surface area contributed by atoms with Crippen LogP contribution in [-0.4, -0.2) is 22.7 Å². The van der Waals surface area contributed by atoms with Gasteiger partial charge in [-0.05, 0) is 32.0 Å². The second kappa shape index (κ2) is 6.71. The van der Waals surface area contributed by atoms with Crippen LogP contribution in [-0.2, 0) is 4.79 Å². The Morgan fingerprint density at radius 1 is 1.18 bits per heavy atom. The minimum Gasteiger partial charge on any atom is -0.274 e. The van der Waals surface area contributed by atoms with Crippen LogP contribution in [0.15, 0.2) is 41.5 Å². The summed E-state index contributed by atoms with van der Waals surface area (Å²) in [6.45, 7) is 5.14. The average molecular weight is 298 g/mol. The van der Waals surface area contributed by atoms with Crippen molar-refractivity contribution in [2.45, 2.75) is 20.8 Å². The molecule has 2 amide bonds. The molecule has 1 heterocycles. The maximum absolute atomic E-state index is 12.2. The summed E-state index contributed by atoms with van der Waals surface area (Å²) in [6, 6.07) is 10.9. The molecule has 1 aromatic carbocycles. The maximum Gasteiger partial charge on any atom is 0.270 e. The quantitative estimate of drug-likeness (QED) is 0.669. The van der Waals surface area contributed by atoms with E-state index in [0.29, 0.717) is 5.56 Å². The number of amides is 2. The van der Waals surface area contributed by atoms with Crippen molar-refractivity contribution in [2.75, 3.05) is 5.43 Å². The molecule has 22 heavy (non-hydrogen) atoms. The number of carbonyl (C=O) groups excluding carboxylic acids is 2. The number of aryl methyl sites for hydroxylation is 1. The Balaban J connectivity index is 2.18. The zero-order chi connectivity index (χ0) is 16.1. The van der Waals surface area contributed by atoms with E-state index in [9.17, 15) is 9.59 Å². The fourth-order valence-electron chi connectivity index (χ4n) is 2.04. The third-order valence-corrected chi connectivity index (χ3v) is 3.15. The number of hydrogen-bond donors (Lipinski definition) is 2. The van der Waals surface area contributed by atoms with Crippen LogP contribution < -0.4 is 10.9 Å². The van der Waals surface area contributed by atoms with Crippen molar-refractivity contribution in [3.05, 3.63) is 58.9 Å². The largest absolute Gasteiger partial charge is 0.274 e. The zero-order valence-corrected chi connectivity index (χ0v) is 12.8. The van der Waals surface area contributed by atoms with E-state index in [2.05, 4.69) is 16.0 Å². The number of hydrogen-bond acceptors (Lipinski definition) is 3. The predicted molar refractivity (Wildman–Crippen MR) is 85.4 cm³/mol. The van der Waals surface area contributed by atoms with E-state index in [1.54, 1.807) is 23.0 Å². The van der Waals surface area contributed by atoms with Crippen molar-refractivity contribution in [3.8, 4) is 0 Å². The van der Waals surface area contributed by atoms with Gasteiger partial charge in [-0.15, -0.1) is 0 Å². The molecule has 6 nitrogen and oxygen atoms in total. The Bertz CT molecular complexity index is 717.